The van der Waals surface area contributed by atoms with Crippen LogP contribution >= 0.6 is 23.1 Å². The van der Waals surface area contributed by atoms with Gasteiger partial charge >= 0.3 is 0 Å². The lowest BCUT2D eigenvalue weighted by atomic mass is 10.0. The van der Waals surface area contributed by atoms with Crippen molar-refractivity contribution in [1.29, 1.82) is 0 Å². The van der Waals surface area contributed by atoms with Gasteiger partial charge in [0, 0.05) is 13.1 Å². The van der Waals surface area contributed by atoms with E-state index in [-0.39, 0.29) is 11.9 Å². The number of amides is 1. The Hall–Kier alpha value is -2.00. The van der Waals surface area contributed by atoms with Crippen molar-refractivity contribution in [2.75, 3.05) is 37.4 Å². The second-order valence-corrected chi connectivity index (χ2v) is 9.29. The van der Waals surface area contributed by atoms with E-state index in [1.807, 2.05) is 17.0 Å². The Bertz CT molecular complexity index is 845. The Balaban J connectivity index is 1.34. The number of nitrogens with zero attached hydrogens (tertiary/aromatic N) is 3. The SMILES string of the molecule is CCCCNc1nnc(SCC(=O)N2CCCC2c2ccc3c(c2)OCCO3)s1. The van der Waals surface area contributed by atoms with Crippen LogP contribution in [0.5, 0.6) is 11.5 Å². The monoisotopic (exact) mass is 434 g/mol. The molecule has 0 radical (unpaired) electrons. The van der Waals surface area contributed by atoms with Gasteiger partial charge in [-0.05, 0) is 37.0 Å². The van der Waals surface area contributed by atoms with Gasteiger partial charge in [0.1, 0.15) is 13.2 Å². The summed E-state index contributed by atoms with van der Waals surface area (Å²) in [6, 6.07) is 6.13. The molecule has 1 fully saturated rings. The molecule has 9 heteroatoms. The molecule has 2 aliphatic rings. The van der Waals surface area contributed by atoms with E-state index in [1.165, 1.54) is 23.1 Å². The highest BCUT2D eigenvalue weighted by atomic mass is 32.2. The number of aromatic nitrogens is 2. The summed E-state index contributed by atoms with van der Waals surface area (Å²) < 4.78 is 12.1. The molecule has 3 heterocycles. The number of thioether (sulfide) groups is 1. The van der Waals surface area contributed by atoms with E-state index in [4.69, 9.17) is 9.47 Å². The first kappa shape index (κ1) is 20.3. The van der Waals surface area contributed by atoms with Gasteiger partial charge in [0.15, 0.2) is 15.8 Å². The van der Waals surface area contributed by atoms with E-state index < -0.39 is 0 Å². The van der Waals surface area contributed by atoms with Crippen molar-refractivity contribution < 1.29 is 14.3 Å². The molecule has 1 N–H and O–H groups in total. The largest absolute Gasteiger partial charge is 0.486 e. The molecule has 1 aromatic carbocycles. The normalized spacial score (nSPS) is 18.1. The number of benzene rings is 1. The summed E-state index contributed by atoms with van der Waals surface area (Å²) in [4.78, 5) is 14.9. The lowest BCUT2D eigenvalue weighted by Crippen LogP contribution is -2.32. The van der Waals surface area contributed by atoms with Gasteiger partial charge in [-0.15, -0.1) is 10.2 Å². The number of hydrogen-bond acceptors (Lipinski definition) is 8. The van der Waals surface area contributed by atoms with Crippen molar-refractivity contribution in [2.24, 2.45) is 0 Å². The summed E-state index contributed by atoms with van der Waals surface area (Å²) in [6.07, 6.45) is 4.24. The lowest BCUT2D eigenvalue weighted by molar-refractivity contribution is -0.129. The van der Waals surface area contributed by atoms with Crippen LogP contribution in [0.15, 0.2) is 22.5 Å². The second kappa shape index (κ2) is 9.67. The standard InChI is InChI=1S/C20H26N4O3S2/c1-2-3-8-21-19-22-23-20(29-19)28-13-18(25)24-9-4-5-15(24)14-6-7-16-17(12-14)27-11-10-26-16/h6-7,12,15H,2-5,8-11,13H2,1H3,(H,21,22). The molecule has 2 aromatic rings. The van der Waals surface area contributed by atoms with E-state index in [9.17, 15) is 4.79 Å². The number of carbonyl (C=O) groups is 1. The number of likely N-dealkylation sites (tertiary alicyclic amines) is 1. The van der Waals surface area contributed by atoms with Gasteiger partial charge < -0.3 is 19.7 Å². The van der Waals surface area contributed by atoms with E-state index >= 15 is 0 Å². The fourth-order valence-electron chi connectivity index (χ4n) is 3.60. The number of rotatable bonds is 8. The van der Waals surface area contributed by atoms with Crippen molar-refractivity contribution in [3.8, 4) is 11.5 Å². The lowest BCUT2D eigenvalue weighted by Gasteiger charge is -2.26. The highest BCUT2D eigenvalue weighted by Crippen LogP contribution is 2.38. The van der Waals surface area contributed by atoms with Gasteiger partial charge in [-0.3, -0.25) is 4.79 Å². The molecule has 1 aromatic heterocycles. The van der Waals surface area contributed by atoms with Crippen LogP contribution in [0.25, 0.3) is 0 Å². The Morgan fingerprint density at radius 1 is 1.31 bits per heavy atom. The smallest absolute Gasteiger partial charge is 0.233 e. The molecule has 1 unspecified atom stereocenters. The van der Waals surface area contributed by atoms with Gasteiger partial charge in [0.05, 0.1) is 11.8 Å². The Kier molecular flexibility index (Phi) is 6.76. The van der Waals surface area contributed by atoms with Crippen LogP contribution in [0, 0.1) is 0 Å². The van der Waals surface area contributed by atoms with Crippen molar-refractivity contribution in [3.63, 3.8) is 0 Å². The number of fused-ring (bicyclic) bond motifs is 1. The van der Waals surface area contributed by atoms with Gasteiger partial charge in [0.2, 0.25) is 11.0 Å². The van der Waals surface area contributed by atoms with E-state index in [0.717, 1.165) is 65.3 Å². The average molecular weight is 435 g/mol. The summed E-state index contributed by atoms with van der Waals surface area (Å²) in [5.74, 6) is 2.08. The number of nitrogens with one attached hydrogen (secondary N) is 1. The predicted molar refractivity (Wildman–Crippen MR) is 115 cm³/mol. The third-order valence-electron chi connectivity index (χ3n) is 5.06. The molecule has 156 valence electrons. The maximum atomic E-state index is 12.9. The van der Waals surface area contributed by atoms with Crippen molar-refractivity contribution in [3.05, 3.63) is 23.8 Å². The molecule has 29 heavy (non-hydrogen) atoms. The Labute approximate surface area is 179 Å². The van der Waals surface area contributed by atoms with Crippen molar-refractivity contribution in [1.82, 2.24) is 15.1 Å². The van der Waals surface area contributed by atoms with Crippen LogP contribution in [0.2, 0.25) is 0 Å². The first-order valence-corrected chi connectivity index (χ1v) is 11.9. The van der Waals surface area contributed by atoms with Gasteiger partial charge in [-0.25, -0.2) is 0 Å². The molecular weight excluding hydrogens is 408 g/mol. The molecule has 4 rings (SSSR count). The minimum absolute atomic E-state index is 0.0969. The highest BCUT2D eigenvalue weighted by molar-refractivity contribution is 8.01. The number of hydrogen-bond donors (Lipinski definition) is 1. The zero-order chi connectivity index (χ0) is 20.1. The first-order chi connectivity index (χ1) is 14.2. The maximum absolute atomic E-state index is 12.9. The second-order valence-electron chi connectivity index (χ2n) is 7.09. The summed E-state index contributed by atoms with van der Waals surface area (Å²) >= 11 is 2.97. The molecule has 0 aliphatic carbocycles. The predicted octanol–water partition coefficient (Wildman–Crippen LogP) is 3.98. The van der Waals surface area contributed by atoms with Crippen molar-refractivity contribution >= 4 is 34.1 Å². The topological polar surface area (TPSA) is 76.6 Å². The third-order valence-corrected chi connectivity index (χ3v) is 7.06. The number of carbonyl (C=O) groups excluding carboxylic acids is 1. The zero-order valence-corrected chi connectivity index (χ0v) is 18.2. The quantitative estimate of drug-likeness (QED) is 0.497. The van der Waals surface area contributed by atoms with Gasteiger partial charge in [-0.1, -0.05) is 42.5 Å². The highest BCUT2D eigenvalue weighted by Gasteiger charge is 2.31. The molecule has 2 aliphatic heterocycles. The third kappa shape index (κ3) is 4.95. The first-order valence-electron chi connectivity index (χ1n) is 10.1. The number of anilines is 1. The summed E-state index contributed by atoms with van der Waals surface area (Å²) in [6.45, 7) is 5.00. The van der Waals surface area contributed by atoms with Crippen LogP contribution in [0.4, 0.5) is 5.13 Å². The molecule has 0 saturated carbocycles. The molecule has 7 nitrogen and oxygen atoms in total. The molecule has 0 bridgehead atoms. The van der Waals surface area contributed by atoms with Gasteiger partial charge in [-0.2, -0.15) is 0 Å². The summed E-state index contributed by atoms with van der Waals surface area (Å²) in [5.41, 5.74) is 1.11. The summed E-state index contributed by atoms with van der Waals surface area (Å²) in [7, 11) is 0. The molecule has 1 atom stereocenters. The number of ether oxygens (including phenoxy) is 2. The minimum atomic E-state index is 0.0969. The van der Waals surface area contributed by atoms with Crippen molar-refractivity contribution in [2.45, 2.75) is 43.0 Å². The van der Waals surface area contributed by atoms with Crippen LogP contribution in [0.3, 0.4) is 0 Å². The van der Waals surface area contributed by atoms with E-state index in [2.05, 4.69) is 28.5 Å². The Morgan fingerprint density at radius 2 is 2.17 bits per heavy atom. The van der Waals surface area contributed by atoms with Crippen LogP contribution in [0.1, 0.15) is 44.2 Å². The molecular formula is C20H26N4O3S2. The zero-order valence-electron chi connectivity index (χ0n) is 16.6. The minimum Gasteiger partial charge on any atom is -0.486 e. The fourth-order valence-corrected chi connectivity index (χ4v) is 5.26. The van der Waals surface area contributed by atoms with Crippen LogP contribution in [-0.4, -0.2) is 53.1 Å². The average Bonchev–Trinajstić information content (AvgIpc) is 3.42. The molecule has 1 amide bonds. The fraction of sp³-hybridized carbons (Fsp3) is 0.550. The molecule has 1 saturated heterocycles. The number of unbranched alkanes of at least 4 members (excludes halogenated alkanes) is 1. The van der Waals surface area contributed by atoms with Gasteiger partial charge in [0.25, 0.3) is 0 Å². The van der Waals surface area contributed by atoms with Crippen LogP contribution < -0.4 is 14.8 Å². The summed E-state index contributed by atoms with van der Waals surface area (Å²) in [5, 5.41) is 12.4. The van der Waals surface area contributed by atoms with E-state index in [1.54, 1.807) is 0 Å². The van der Waals surface area contributed by atoms with E-state index in [0.29, 0.717) is 19.0 Å². The molecule has 0 spiro atoms. The maximum Gasteiger partial charge on any atom is 0.233 e. The Morgan fingerprint density at radius 3 is 3.03 bits per heavy atom. The van der Waals surface area contributed by atoms with Crippen LogP contribution in [-0.2, 0) is 4.79 Å².